The van der Waals surface area contributed by atoms with Crippen LogP contribution in [0.25, 0.3) is 10.9 Å². The molecule has 1 saturated heterocycles. The van der Waals surface area contributed by atoms with Gasteiger partial charge in [-0.15, -0.1) is 0 Å². The number of rotatable bonds is 4. The lowest BCUT2D eigenvalue weighted by Gasteiger charge is -2.35. The zero-order valence-corrected chi connectivity index (χ0v) is 15.6. The van der Waals surface area contributed by atoms with E-state index in [9.17, 15) is 9.59 Å². The summed E-state index contributed by atoms with van der Waals surface area (Å²) in [4.78, 5) is 29.2. The molecule has 0 aliphatic carbocycles. The van der Waals surface area contributed by atoms with Gasteiger partial charge < -0.3 is 24.7 Å². The second-order valence-electron chi connectivity index (χ2n) is 6.95. The monoisotopic (exact) mass is 360 g/mol. The largest absolute Gasteiger partial charge is 0.464 e. The van der Waals surface area contributed by atoms with Crippen molar-refractivity contribution in [2.24, 2.45) is 0 Å². The number of H-pyrrole nitrogens is 1. The first-order valence-electron chi connectivity index (χ1n) is 8.90. The number of hydrogen-bond acceptors (Lipinski definition) is 4. The molecule has 1 fully saturated rings. The number of morpholine rings is 1. The Bertz CT molecular complexity index is 806. The average Bonchev–Trinajstić information content (AvgIpc) is 2.98. The number of quaternary nitrogens is 1. The predicted octanol–water partition coefficient (Wildman–Crippen LogP) is 0.974. The molecule has 1 aliphatic rings. The predicted molar refractivity (Wildman–Crippen MR) is 98.4 cm³/mol. The highest BCUT2D eigenvalue weighted by Crippen LogP contribution is 2.28. The van der Waals surface area contributed by atoms with Crippen LogP contribution < -0.4 is 10.2 Å². The van der Waals surface area contributed by atoms with Gasteiger partial charge in [0.25, 0.3) is 5.91 Å². The van der Waals surface area contributed by atoms with E-state index in [0.29, 0.717) is 5.69 Å². The van der Waals surface area contributed by atoms with Gasteiger partial charge >= 0.3 is 5.97 Å². The molecule has 7 heteroatoms. The molecule has 0 bridgehead atoms. The molecule has 7 nitrogen and oxygen atoms in total. The molecule has 2 heterocycles. The van der Waals surface area contributed by atoms with Gasteiger partial charge in [-0.25, -0.2) is 4.79 Å². The average molecular weight is 360 g/mol. The minimum Gasteiger partial charge on any atom is -0.464 e. The van der Waals surface area contributed by atoms with Crippen molar-refractivity contribution in [2.75, 3.05) is 25.5 Å². The second kappa shape index (κ2) is 7.47. The van der Waals surface area contributed by atoms with Crippen molar-refractivity contribution < 1.29 is 24.0 Å². The van der Waals surface area contributed by atoms with Crippen LogP contribution >= 0.6 is 0 Å². The summed E-state index contributed by atoms with van der Waals surface area (Å²) >= 11 is 0. The lowest BCUT2D eigenvalue weighted by Crippen LogP contribution is -3.19. The normalized spacial score (nSPS) is 24.2. The summed E-state index contributed by atoms with van der Waals surface area (Å²) in [6.07, 6.45) is 0.227. The highest BCUT2D eigenvalue weighted by Gasteiger charge is 2.33. The van der Waals surface area contributed by atoms with Crippen LogP contribution in [0.1, 0.15) is 31.3 Å². The summed E-state index contributed by atoms with van der Waals surface area (Å²) in [6.45, 7) is 7.50. The molecular formula is C19H26N3O4+. The summed E-state index contributed by atoms with van der Waals surface area (Å²) in [6, 6.07) is 7.20. The Labute approximate surface area is 152 Å². The van der Waals surface area contributed by atoms with Gasteiger partial charge in [-0.1, -0.05) is 18.2 Å². The van der Waals surface area contributed by atoms with Crippen LogP contribution in [0.4, 0.5) is 5.69 Å². The molecule has 1 aromatic heterocycles. The van der Waals surface area contributed by atoms with Crippen molar-refractivity contribution in [1.29, 1.82) is 0 Å². The van der Waals surface area contributed by atoms with Crippen LogP contribution in [-0.4, -0.2) is 55.3 Å². The molecule has 1 aromatic carbocycles. The lowest BCUT2D eigenvalue weighted by atomic mass is 10.1. The van der Waals surface area contributed by atoms with E-state index in [-0.39, 0.29) is 29.9 Å². The summed E-state index contributed by atoms with van der Waals surface area (Å²) in [5.41, 5.74) is 1.50. The third-order valence-corrected chi connectivity index (χ3v) is 4.91. The van der Waals surface area contributed by atoms with Crippen LogP contribution in [0.5, 0.6) is 0 Å². The Morgan fingerprint density at radius 1 is 1.27 bits per heavy atom. The van der Waals surface area contributed by atoms with E-state index >= 15 is 0 Å². The van der Waals surface area contributed by atoms with Crippen LogP contribution in [0.15, 0.2) is 24.3 Å². The quantitative estimate of drug-likeness (QED) is 0.710. The van der Waals surface area contributed by atoms with Gasteiger partial charge in [0.05, 0.1) is 12.8 Å². The van der Waals surface area contributed by atoms with Crippen LogP contribution in [-0.2, 0) is 14.3 Å². The molecule has 0 radical (unpaired) electrons. The molecule has 2 aromatic rings. The first-order chi connectivity index (χ1) is 12.4. The van der Waals surface area contributed by atoms with Crippen molar-refractivity contribution in [1.82, 2.24) is 4.98 Å². The highest BCUT2D eigenvalue weighted by molar-refractivity contribution is 6.11. The molecule has 1 unspecified atom stereocenters. The fourth-order valence-corrected chi connectivity index (χ4v) is 3.61. The van der Waals surface area contributed by atoms with Gasteiger partial charge in [-0.3, -0.25) is 4.79 Å². The molecular weight excluding hydrogens is 334 g/mol. The van der Waals surface area contributed by atoms with E-state index in [1.807, 2.05) is 45.0 Å². The standard InChI is InChI=1S/C19H25N3O4/c1-11-9-22(10-12(2)26-11)13(3)18(23)21-16-14-7-5-6-8-15(14)20-17(16)19(24)25-4/h5-8,11-13,20H,9-10H2,1-4H3,(H,21,23)/p+1/t11-,12+,13-/m0/s1. The van der Waals surface area contributed by atoms with E-state index in [4.69, 9.17) is 9.47 Å². The Hall–Kier alpha value is -2.38. The molecule has 3 N–H and O–H groups in total. The molecule has 140 valence electrons. The maximum Gasteiger partial charge on any atom is 0.356 e. The summed E-state index contributed by atoms with van der Waals surface area (Å²) in [7, 11) is 1.32. The molecule has 1 aliphatic heterocycles. The Kier molecular flexibility index (Phi) is 5.29. The maximum atomic E-state index is 12.9. The zero-order chi connectivity index (χ0) is 18.8. The van der Waals surface area contributed by atoms with E-state index in [0.717, 1.165) is 24.0 Å². The third-order valence-electron chi connectivity index (χ3n) is 4.91. The van der Waals surface area contributed by atoms with E-state index in [2.05, 4.69) is 10.3 Å². The van der Waals surface area contributed by atoms with Gasteiger partial charge in [-0.05, 0) is 26.8 Å². The van der Waals surface area contributed by atoms with Crippen molar-refractivity contribution >= 4 is 28.5 Å². The number of amides is 1. The first kappa shape index (κ1) is 18.4. The molecule has 26 heavy (non-hydrogen) atoms. The van der Waals surface area contributed by atoms with Crippen LogP contribution in [0.2, 0.25) is 0 Å². The number of anilines is 1. The third kappa shape index (κ3) is 3.59. The number of fused-ring (bicyclic) bond motifs is 1. The topological polar surface area (TPSA) is 84.9 Å². The van der Waals surface area contributed by atoms with E-state index in [1.165, 1.54) is 12.0 Å². The van der Waals surface area contributed by atoms with Crippen LogP contribution in [0.3, 0.4) is 0 Å². The Morgan fingerprint density at radius 2 is 1.92 bits per heavy atom. The number of aromatic nitrogens is 1. The van der Waals surface area contributed by atoms with Gasteiger partial charge in [0.15, 0.2) is 6.04 Å². The minimum absolute atomic E-state index is 0.114. The smallest absolute Gasteiger partial charge is 0.356 e. The van der Waals surface area contributed by atoms with Crippen LogP contribution in [0, 0.1) is 0 Å². The van der Waals surface area contributed by atoms with Gasteiger partial charge in [0.2, 0.25) is 0 Å². The number of nitrogens with one attached hydrogen (secondary N) is 3. The molecule has 0 saturated carbocycles. The fourth-order valence-electron chi connectivity index (χ4n) is 3.61. The van der Waals surface area contributed by atoms with Crippen molar-refractivity contribution in [3.05, 3.63) is 30.0 Å². The molecule has 0 spiro atoms. The van der Waals surface area contributed by atoms with Gasteiger partial charge in [0.1, 0.15) is 31.0 Å². The minimum atomic E-state index is -0.509. The maximum absolute atomic E-state index is 12.9. The number of benzene rings is 1. The second-order valence-corrected chi connectivity index (χ2v) is 6.95. The zero-order valence-electron chi connectivity index (χ0n) is 15.6. The first-order valence-corrected chi connectivity index (χ1v) is 8.90. The number of aromatic amines is 1. The molecule has 3 rings (SSSR count). The highest BCUT2D eigenvalue weighted by atomic mass is 16.5. The number of methoxy groups -OCH3 is 1. The number of carbonyl (C=O) groups excluding carboxylic acids is 2. The van der Waals surface area contributed by atoms with Gasteiger partial charge in [-0.2, -0.15) is 0 Å². The summed E-state index contributed by atoms with van der Waals surface area (Å²) < 4.78 is 10.6. The Morgan fingerprint density at radius 3 is 2.58 bits per heavy atom. The van der Waals surface area contributed by atoms with E-state index in [1.54, 1.807) is 0 Å². The fraction of sp³-hybridized carbons (Fsp3) is 0.474. The van der Waals surface area contributed by atoms with E-state index < -0.39 is 5.97 Å². The van der Waals surface area contributed by atoms with Crippen molar-refractivity contribution in [3.8, 4) is 0 Å². The van der Waals surface area contributed by atoms with Gasteiger partial charge in [0, 0.05) is 10.9 Å². The number of para-hydroxylation sites is 1. The number of carbonyl (C=O) groups is 2. The lowest BCUT2D eigenvalue weighted by molar-refractivity contribution is -0.928. The number of ether oxygens (including phenoxy) is 2. The summed E-state index contributed by atoms with van der Waals surface area (Å²) in [5.74, 6) is -0.638. The SMILES string of the molecule is COC(=O)c1[nH]c2ccccc2c1NC(=O)[C@H](C)[NH+]1C[C@@H](C)O[C@@H](C)C1. The number of esters is 1. The Balaban J connectivity index is 1.85. The number of hydrogen-bond donors (Lipinski definition) is 3. The molecule has 1 amide bonds. The molecule has 4 atom stereocenters. The summed E-state index contributed by atoms with van der Waals surface area (Å²) in [5, 5.41) is 3.73. The van der Waals surface area contributed by atoms with Crippen molar-refractivity contribution in [3.63, 3.8) is 0 Å². The van der Waals surface area contributed by atoms with Crippen molar-refractivity contribution in [2.45, 2.75) is 39.0 Å².